The second kappa shape index (κ2) is 9.84. The lowest BCUT2D eigenvalue weighted by Crippen LogP contribution is -2.34. The maximum absolute atomic E-state index is 13.3. The second-order valence-corrected chi connectivity index (χ2v) is 6.77. The van der Waals surface area contributed by atoms with Crippen LogP contribution in [0, 0.1) is 0 Å². The van der Waals surface area contributed by atoms with Crippen LogP contribution in [0.1, 0.15) is 36.5 Å². The van der Waals surface area contributed by atoms with E-state index in [-0.39, 0.29) is 38.1 Å². The van der Waals surface area contributed by atoms with Crippen LogP contribution in [0.3, 0.4) is 0 Å². The van der Waals surface area contributed by atoms with Gasteiger partial charge in [-0.2, -0.15) is 0 Å². The predicted molar refractivity (Wildman–Crippen MR) is 113 cm³/mol. The fourth-order valence-electron chi connectivity index (χ4n) is 3.10. The van der Waals surface area contributed by atoms with E-state index >= 15 is 0 Å². The van der Waals surface area contributed by atoms with Crippen molar-refractivity contribution in [3.05, 3.63) is 54.0 Å². The minimum absolute atomic E-state index is 0.0450. The van der Waals surface area contributed by atoms with Gasteiger partial charge in [0.25, 0.3) is 5.91 Å². The Bertz CT molecular complexity index is 1090. The van der Waals surface area contributed by atoms with Crippen LogP contribution in [0.15, 0.2) is 42.6 Å². The predicted octanol–water partition coefficient (Wildman–Crippen LogP) is 2.63. The molecule has 1 amide bonds. The third kappa shape index (κ3) is 5.25. The molecule has 0 saturated heterocycles. The molecule has 0 spiro atoms. The topological polar surface area (TPSA) is 104 Å². The zero-order chi connectivity index (χ0) is 22.4. The highest BCUT2D eigenvalue weighted by atomic mass is 16.5. The molecule has 2 heterocycles. The van der Waals surface area contributed by atoms with Crippen LogP contribution in [-0.4, -0.2) is 45.5 Å². The Labute approximate surface area is 179 Å². The molecule has 0 radical (unpaired) electrons. The monoisotopic (exact) mass is 424 g/mol. The number of esters is 2. The van der Waals surface area contributed by atoms with E-state index in [1.54, 1.807) is 49.5 Å². The average Bonchev–Trinajstić information content (AvgIpc) is 3.08. The molecule has 0 aliphatic carbocycles. The highest BCUT2D eigenvalue weighted by molar-refractivity contribution is 6.07. The summed E-state index contributed by atoms with van der Waals surface area (Å²) in [6.45, 7) is 3.53. The Hall–Kier alpha value is -3.75. The molecule has 3 rings (SSSR count). The van der Waals surface area contributed by atoms with Gasteiger partial charge >= 0.3 is 11.9 Å². The normalized spacial score (nSPS) is 10.7. The third-order valence-corrected chi connectivity index (χ3v) is 4.64. The minimum atomic E-state index is -0.393. The number of rotatable bonds is 8. The Kier molecular flexibility index (Phi) is 6.96. The van der Waals surface area contributed by atoms with Gasteiger partial charge < -0.3 is 14.0 Å². The maximum atomic E-state index is 13.3. The lowest BCUT2D eigenvalue weighted by atomic mass is 10.1. The number of anilines is 1. The quantitative estimate of drug-likeness (QED) is 0.512. The van der Waals surface area contributed by atoms with E-state index in [0.717, 1.165) is 5.52 Å². The van der Waals surface area contributed by atoms with Gasteiger partial charge in [0.2, 0.25) is 0 Å². The zero-order valence-corrected chi connectivity index (χ0v) is 17.7. The number of nitrogens with zero attached hydrogens (tertiary/aromatic N) is 4. The van der Waals surface area contributed by atoms with Crippen molar-refractivity contribution in [2.24, 2.45) is 7.05 Å². The maximum Gasteiger partial charge on any atom is 0.307 e. The van der Waals surface area contributed by atoms with E-state index in [1.165, 1.54) is 11.8 Å². The molecule has 9 heteroatoms. The highest BCUT2D eigenvalue weighted by Crippen LogP contribution is 2.21. The largest absolute Gasteiger partial charge is 0.466 e. The molecule has 0 N–H and O–H groups in total. The fraction of sp³-hybridized carbons (Fsp3) is 0.318. The van der Waals surface area contributed by atoms with Crippen LogP contribution in [0.5, 0.6) is 0 Å². The molecule has 31 heavy (non-hydrogen) atoms. The summed E-state index contributed by atoms with van der Waals surface area (Å²) in [7, 11) is 1.81. The van der Waals surface area contributed by atoms with Crippen molar-refractivity contribution in [3.8, 4) is 0 Å². The van der Waals surface area contributed by atoms with E-state index in [0.29, 0.717) is 22.7 Å². The van der Waals surface area contributed by atoms with E-state index < -0.39 is 5.97 Å². The molecule has 3 aromatic rings. The third-order valence-electron chi connectivity index (χ3n) is 4.64. The van der Waals surface area contributed by atoms with Crippen LogP contribution in [-0.2, 0) is 32.7 Å². The van der Waals surface area contributed by atoms with Gasteiger partial charge in [-0.1, -0.05) is 6.07 Å². The summed E-state index contributed by atoms with van der Waals surface area (Å²) >= 11 is 0. The molecule has 0 unspecified atom stereocenters. The first kappa shape index (κ1) is 21.9. The van der Waals surface area contributed by atoms with Gasteiger partial charge in [-0.15, -0.1) is 0 Å². The molecule has 162 valence electrons. The van der Waals surface area contributed by atoms with Gasteiger partial charge in [0.1, 0.15) is 18.2 Å². The van der Waals surface area contributed by atoms with E-state index in [9.17, 15) is 14.4 Å². The Morgan fingerprint density at radius 2 is 1.94 bits per heavy atom. The first-order valence-corrected chi connectivity index (χ1v) is 9.88. The summed E-state index contributed by atoms with van der Waals surface area (Å²) in [4.78, 5) is 46.4. The smallest absolute Gasteiger partial charge is 0.307 e. The first-order valence-electron chi connectivity index (χ1n) is 9.88. The summed E-state index contributed by atoms with van der Waals surface area (Å²) in [5, 5.41) is 0. The number of aryl methyl sites for hydroxylation is 1. The van der Waals surface area contributed by atoms with E-state index in [4.69, 9.17) is 9.47 Å². The van der Waals surface area contributed by atoms with Crippen LogP contribution >= 0.6 is 0 Å². The van der Waals surface area contributed by atoms with Crippen molar-refractivity contribution in [1.82, 2.24) is 14.5 Å². The molecule has 0 aliphatic heterocycles. The van der Waals surface area contributed by atoms with Crippen molar-refractivity contribution in [3.63, 3.8) is 0 Å². The van der Waals surface area contributed by atoms with Crippen LogP contribution < -0.4 is 4.90 Å². The number of hydrogen-bond donors (Lipinski definition) is 0. The van der Waals surface area contributed by atoms with Crippen molar-refractivity contribution < 1.29 is 23.9 Å². The molecule has 0 bridgehead atoms. The van der Waals surface area contributed by atoms with Gasteiger partial charge in [0, 0.05) is 32.3 Å². The SMILES string of the molecule is CCOC(=O)CCN(C(=O)c1ccc2c(c1)nc(COC(C)=O)n2C)c1ccccn1. The summed E-state index contributed by atoms with van der Waals surface area (Å²) in [5.41, 5.74) is 1.80. The Balaban J connectivity index is 1.89. The van der Waals surface area contributed by atoms with Crippen molar-refractivity contribution in [1.29, 1.82) is 0 Å². The average molecular weight is 424 g/mol. The molecule has 0 saturated carbocycles. The number of ether oxygens (including phenoxy) is 2. The Morgan fingerprint density at radius 1 is 1.13 bits per heavy atom. The minimum Gasteiger partial charge on any atom is -0.466 e. The van der Waals surface area contributed by atoms with Gasteiger partial charge in [0.15, 0.2) is 0 Å². The van der Waals surface area contributed by atoms with Gasteiger partial charge in [-0.3, -0.25) is 19.3 Å². The fourth-order valence-corrected chi connectivity index (χ4v) is 3.10. The second-order valence-electron chi connectivity index (χ2n) is 6.77. The van der Waals surface area contributed by atoms with Crippen molar-refractivity contribution in [2.45, 2.75) is 26.9 Å². The molecule has 0 aliphatic rings. The molecular weight excluding hydrogens is 400 g/mol. The molecule has 0 fully saturated rings. The zero-order valence-electron chi connectivity index (χ0n) is 17.7. The standard InChI is InChI=1S/C22H24N4O5/c1-4-30-21(28)10-12-26(19-7-5-6-11-23-19)22(29)16-8-9-18-17(13-16)24-20(25(18)3)14-31-15(2)27/h5-9,11,13H,4,10,12,14H2,1-3H3. The molecular formula is C22H24N4O5. The summed E-state index contributed by atoms with van der Waals surface area (Å²) in [6.07, 6.45) is 1.64. The number of hydrogen-bond acceptors (Lipinski definition) is 7. The lowest BCUT2D eigenvalue weighted by Gasteiger charge is -2.21. The van der Waals surface area contributed by atoms with Gasteiger partial charge in [-0.25, -0.2) is 9.97 Å². The summed E-state index contributed by atoms with van der Waals surface area (Å²) in [6, 6.07) is 10.4. The number of benzene rings is 1. The number of aromatic nitrogens is 3. The Morgan fingerprint density at radius 3 is 2.61 bits per heavy atom. The lowest BCUT2D eigenvalue weighted by molar-refractivity contribution is -0.143. The highest BCUT2D eigenvalue weighted by Gasteiger charge is 2.21. The van der Waals surface area contributed by atoms with Crippen molar-refractivity contribution in [2.75, 3.05) is 18.1 Å². The molecule has 2 aromatic heterocycles. The van der Waals surface area contributed by atoms with E-state index in [2.05, 4.69) is 9.97 Å². The van der Waals surface area contributed by atoms with E-state index in [1.807, 2.05) is 11.6 Å². The van der Waals surface area contributed by atoms with Crippen LogP contribution in [0.4, 0.5) is 5.82 Å². The van der Waals surface area contributed by atoms with Crippen LogP contribution in [0.2, 0.25) is 0 Å². The van der Waals surface area contributed by atoms with Crippen LogP contribution in [0.25, 0.3) is 11.0 Å². The number of amides is 1. The van der Waals surface area contributed by atoms with Crippen molar-refractivity contribution >= 4 is 34.7 Å². The number of carbonyl (C=O) groups is 3. The number of carbonyl (C=O) groups excluding carboxylic acids is 3. The molecule has 9 nitrogen and oxygen atoms in total. The molecule has 0 atom stereocenters. The molecule has 1 aromatic carbocycles. The van der Waals surface area contributed by atoms with Gasteiger partial charge in [0.05, 0.1) is 24.1 Å². The first-order chi connectivity index (χ1) is 14.9. The number of pyridine rings is 1. The number of imidazole rings is 1. The number of fused-ring (bicyclic) bond motifs is 1. The summed E-state index contributed by atoms with van der Waals surface area (Å²) < 4.78 is 11.8. The van der Waals surface area contributed by atoms with Gasteiger partial charge in [-0.05, 0) is 37.3 Å². The summed E-state index contributed by atoms with van der Waals surface area (Å²) in [5.74, 6) is -0.0775.